The third-order valence-corrected chi connectivity index (χ3v) is 3.82. The van der Waals surface area contributed by atoms with Gasteiger partial charge >= 0.3 is 0 Å². The number of hydrogen-bond donors (Lipinski definition) is 2. The van der Waals surface area contributed by atoms with Crippen molar-refractivity contribution in [2.75, 3.05) is 11.9 Å². The van der Waals surface area contributed by atoms with Crippen LogP contribution in [0.15, 0.2) is 54.7 Å². The second-order valence-electron chi connectivity index (χ2n) is 5.77. The molecular formula is C19H17FN4O3. The van der Waals surface area contributed by atoms with E-state index in [0.29, 0.717) is 28.4 Å². The minimum atomic E-state index is -0.568. The van der Waals surface area contributed by atoms with Gasteiger partial charge in [0.05, 0.1) is 23.1 Å². The Kier molecular flexibility index (Phi) is 5.16. The van der Waals surface area contributed by atoms with Crippen molar-refractivity contribution in [1.82, 2.24) is 9.78 Å². The summed E-state index contributed by atoms with van der Waals surface area (Å²) in [6.45, 7) is 1.54. The molecule has 0 unspecified atom stereocenters. The van der Waals surface area contributed by atoms with Crippen LogP contribution in [0.2, 0.25) is 0 Å². The van der Waals surface area contributed by atoms with Crippen molar-refractivity contribution in [2.45, 2.75) is 6.92 Å². The van der Waals surface area contributed by atoms with E-state index in [-0.39, 0.29) is 18.3 Å². The number of hydrogen-bond acceptors (Lipinski definition) is 4. The van der Waals surface area contributed by atoms with Crippen LogP contribution in [-0.2, 0) is 4.79 Å². The molecule has 0 aliphatic heterocycles. The number of benzene rings is 2. The van der Waals surface area contributed by atoms with Gasteiger partial charge in [0.15, 0.2) is 6.61 Å². The molecule has 0 aliphatic carbocycles. The Bertz CT molecular complexity index is 966. The Morgan fingerprint density at radius 1 is 1.15 bits per heavy atom. The van der Waals surface area contributed by atoms with Crippen LogP contribution < -0.4 is 15.8 Å². The van der Waals surface area contributed by atoms with Crippen molar-refractivity contribution in [2.24, 2.45) is 5.73 Å². The van der Waals surface area contributed by atoms with Gasteiger partial charge in [-0.2, -0.15) is 5.10 Å². The minimum absolute atomic E-state index is 0.215. The number of halogens is 1. The van der Waals surface area contributed by atoms with Crippen molar-refractivity contribution < 1.29 is 18.7 Å². The highest BCUT2D eigenvalue weighted by Gasteiger charge is 2.15. The van der Waals surface area contributed by atoms with E-state index in [9.17, 15) is 14.0 Å². The fourth-order valence-corrected chi connectivity index (χ4v) is 2.46. The van der Waals surface area contributed by atoms with E-state index in [4.69, 9.17) is 10.5 Å². The number of aromatic nitrogens is 2. The number of anilines is 1. The van der Waals surface area contributed by atoms with Gasteiger partial charge in [-0.1, -0.05) is 0 Å². The summed E-state index contributed by atoms with van der Waals surface area (Å²) < 4.78 is 19.8. The number of ether oxygens (including phenoxy) is 1. The third kappa shape index (κ3) is 4.30. The molecule has 8 heteroatoms. The third-order valence-electron chi connectivity index (χ3n) is 3.82. The maximum atomic E-state index is 13.1. The van der Waals surface area contributed by atoms with Crippen LogP contribution in [0.1, 0.15) is 16.1 Å². The lowest BCUT2D eigenvalue weighted by molar-refractivity contribution is -0.119. The Balaban J connectivity index is 1.71. The quantitative estimate of drug-likeness (QED) is 0.698. The summed E-state index contributed by atoms with van der Waals surface area (Å²) in [7, 11) is 0. The first-order valence-corrected chi connectivity index (χ1v) is 8.07. The highest BCUT2D eigenvalue weighted by molar-refractivity contribution is 6.05. The van der Waals surface area contributed by atoms with Crippen LogP contribution >= 0.6 is 0 Å². The molecule has 1 aromatic heterocycles. The second-order valence-corrected chi connectivity index (χ2v) is 5.77. The number of nitrogens with one attached hydrogen (secondary N) is 1. The number of nitrogens with two attached hydrogens (primary N) is 1. The summed E-state index contributed by atoms with van der Waals surface area (Å²) in [5.41, 5.74) is 7.25. The Labute approximate surface area is 154 Å². The van der Waals surface area contributed by atoms with E-state index < -0.39 is 5.91 Å². The maximum absolute atomic E-state index is 13.1. The van der Waals surface area contributed by atoms with Crippen LogP contribution in [0, 0.1) is 12.7 Å². The summed E-state index contributed by atoms with van der Waals surface area (Å²) in [6, 6.07) is 12.4. The first-order valence-electron chi connectivity index (χ1n) is 8.07. The van der Waals surface area contributed by atoms with Gasteiger partial charge in [0.25, 0.3) is 11.8 Å². The molecule has 2 aromatic carbocycles. The summed E-state index contributed by atoms with van der Waals surface area (Å²) in [5.74, 6) is -0.774. The Hall–Kier alpha value is -3.68. The normalized spacial score (nSPS) is 10.4. The van der Waals surface area contributed by atoms with E-state index in [1.54, 1.807) is 48.0 Å². The summed E-state index contributed by atoms with van der Waals surface area (Å²) in [6.07, 6.45) is 1.46. The van der Waals surface area contributed by atoms with Crippen molar-refractivity contribution in [3.05, 3.63) is 71.8 Å². The molecule has 27 heavy (non-hydrogen) atoms. The fraction of sp³-hybridized carbons (Fsp3) is 0.105. The average molecular weight is 368 g/mol. The Morgan fingerprint density at radius 2 is 1.81 bits per heavy atom. The van der Waals surface area contributed by atoms with Crippen molar-refractivity contribution in [3.8, 4) is 11.4 Å². The van der Waals surface area contributed by atoms with E-state index in [0.717, 1.165) is 0 Å². The molecule has 138 valence electrons. The van der Waals surface area contributed by atoms with Crippen LogP contribution in [0.25, 0.3) is 5.69 Å². The van der Waals surface area contributed by atoms with Crippen molar-refractivity contribution >= 4 is 17.5 Å². The van der Waals surface area contributed by atoms with Gasteiger partial charge in [-0.25, -0.2) is 9.07 Å². The molecule has 2 amide bonds. The van der Waals surface area contributed by atoms with Gasteiger partial charge in [-0.3, -0.25) is 9.59 Å². The van der Waals surface area contributed by atoms with Gasteiger partial charge in [0.2, 0.25) is 0 Å². The number of primary amides is 1. The second kappa shape index (κ2) is 7.69. The SMILES string of the molecule is Cc1c(C(=O)Nc2ccc(OCC(N)=O)cc2)cnn1-c1ccc(F)cc1. The lowest BCUT2D eigenvalue weighted by Gasteiger charge is -2.08. The molecule has 3 aromatic rings. The smallest absolute Gasteiger partial charge is 0.259 e. The molecule has 7 nitrogen and oxygen atoms in total. The molecule has 1 heterocycles. The molecule has 0 aliphatic rings. The van der Waals surface area contributed by atoms with E-state index >= 15 is 0 Å². The number of amides is 2. The maximum Gasteiger partial charge on any atom is 0.259 e. The van der Waals surface area contributed by atoms with Crippen LogP contribution in [0.5, 0.6) is 5.75 Å². The molecule has 0 saturated carbocycles. The largest absolute Gasteiger partial charge is 0.484 e. The molecule has 0 spiro atoms. The molecular weight excluding hydrogens is 351 g/mol. The number of carbonyl (C=O) groups excluding carboxylic acids is 2. The zero-order valence-corrected chi connectivity index (χ0v) is 14.5. The molecule has 0 radical (unpaired) electrons. The fourth-order valence-electron chi connectivity index (χ4n) is 2.46. The summed E-state index contributed by atoms with van der Waals surface area (Å²) in [4.78, 5) is 23.2. The van der Waals surface area contributed by atoms with Crippen molar-refractivity contribution in [1.29, 1.82) is 0 Å². The first kappa shape index (κ1) is 18.1. The van der Waals surface area contributed by atoms with Crippen molar-refractivity contribution in [3.63, 3.8) is 0 Å². The highest BCUT2D eigenvalue weighted by Crippen LogP contribution is 2.19. The summed E-state index contributed by atoms with van der Waals surface area (Å²) in [5, 5.41) is 6.97. The molecule has 0 saturated heterocycles. The van der Waals surface area contributed by atoms with Gasteiger partial charge in [-0.05, 0) is 55.5 Å². The molecule has 0 atom stereocenters. The molecule has 0 bridgehead atoms. The predicted molar refractivity (Wildman–Crippen MR) is 97.3 cm³/mol. The highest BCUT2D eigenvalue weighted by atomic mass is 19.1. The predicted octanol–water partition coefficient (Wildman–Crippen LogP) is 2.44. The van der Waals surface area contributed by atoms with E-state index in [1.165, 1.54) is 18.3 Å². The topological polar surface area (TPSA) is 99.2 Å². The zero-order valence-electron chi connectivity index (χ0n) is 14.5. The lowest BCUT2D eigenvalue weighted by Crippen LogP contribution is -2.20. The van der Waals surface area contributed by atoms with Gasteiger partial charge in [0, 0.05) is 5.69 Å². The standard InChI is InChI=1S/C19H17FN4O3/c1-12-17(10-22-24(12)15-6-2-13(20)3-7-15)19(26)23-14-4-8-16(9-5-14)27-11-18(21)25/h2-10H,11H2,1H3,(H2,21,25)(H,23,26). The zero-order chi connectivity index (χ0) is 19.4. The first-order chi connectivity index (χ1) is 12.9. The molecule has 3 N–H and O–H groups in total. The number of rotatable bonds is 6. The lowest BCUT2D eigenvalue weighted by atomic mass is 10.2. The molecule has 3 rings (SSSR count). The van der Waals surface area contributed by atoms with E-state index in [1.807, 2.05) is 0 Å². The van der Waals surface area contributed by atoms with Crippen LogP contribution in [-0.4, -0.2) is 28.2 Å². The average Bonchev–Trinajstić information content (AvgIpc) is 3.03. The van der Waals surface area contributed by atoms with Gasteiger partial charge in [-0.15, -0.1) is 0 Å². The molecule has 0 fully saturated rings. The van der Waals surface area contributed by atoms with Gasteiger partial charge in [0.1, 0.15) is 11.6 Å². The van der Waals surface area contributed by atoms with Crippen LogP contribution in [0.4, 0.5) is 10.1 Å². The monoisotopic (exact) mass is 368 g/mol. The Morgan fingerprint density at radius 3 is 2.44 bits per heavy atom. The van der Waals surface area contributed by atoms with Crippen LogP contribution in [0.3, 0.4) is 0 Å². The minimum Gasteiger partial charge on any atom is -0.484 e. The summed E-state index contributed by atoms with van der Waals surface area (Å²) >= 11 is 0. The van der Waals surface area contributed by atoms with Gasteiger partial charge < -0.3 is 15.8 Å². The van der Waals surface area contributed by atoms with E-state index in [2.05, 4.69) is 10.4 Å². The number of nitrogens with zero attached hydrogens (tertiary/aromatic N) is 2. The number of carbonyl (C=O) groups is 2.